The highest BCUT2D eigenvalue weighted by Gasteiger charge is 2.14. The minimum Gasteiger partial charge on any atom is -0.477 e. The number of aromatic nitrogens is 1. The molecule has 0 fully saturated rings. The summed E-state index contributed by atoms with van der Waals surface area (Å²) >= 11 is 0. The molecule has 1 heterocycles. The Morgan fingerprint density at radius 2 is 2.00 bits per heavy atom. The monoisotopic (exact) mass is 261 g/mol. The van der Waals surface area contributed by atoms with E-state index in [1.165, 1.54) is 24.4 Å². The van der Waals surface area contributed by atoms with E-state index in [0.717, 1.165) is 0 Å². The van der Waals surface area contributed by atoms with Crippen LogP contribution in [0.3, 0.4) is 0 Å². The summed E-state index contributed by atoms with van der Waals surface area (Å²) in [5.74, 6) is -1.15. The lowest BCUT2D eigenvalue weighted by Gasteiger charge is -2.11. The van der Waals surface area contributed by atoms with E-state index in [1.807, 2.05) is 0 Å². The summed E-state index contributed by atoms with van der Waals surface area (Å²) < 4.78 is 18.7. The van der Waals surface area contributed by atoms with E-state index in [4.69, 9.17) is 9.84 Å². The van der Waals surface area contributed by atoms with Gasteiger partial charge in [0.2, 0.25) is 0 Å². The molecular formula is C14H12FNO3. The average Bonchev–Trinajstić information content (AvgIpc) is 2.33. The first-order chi connectivity index (χ1) is 8.97. The van der Waals surface area contributed by atoms with Gasteiger partial charge in [-0.15, -0.1) is 0 Å². The zero-order valence-corrected chi connectivity index (χ0v) is 10.5. The second-order valence-corrected chi connectivity index (χ2v) is 4.14. The largest absolute Gasteiger partial charge is 0.477 e. The lowest BCUT2D eigenvalue weighted by Crippen LogP contribution is -2.02. The van der Waals surface area contributed by atoms with E-state index in [0.29, 0.717) is 11.3 Å². The SMILES string of the molecule is Cc1cc(Oc2cc(F)ccc2C)c(C(=O)O)cn1. The second-order valence-electron chi connectivity index (χ2n) is 4.14. The number of hydrogen-bond donors (Lipinski definition) is 1. The lowest BCUT2D eigenvalue weighted by molar-refractivity contribution is 0.0693. The molecule has 1 N–H and O–H groups in total. The summed E-state index contributed by atoms with van der Waals surface area (Å²) in [6.45, 7) is 3.47. The predicted molar refractivity (Wildman–Crippen MR) is 67.1 cm³/mol. The Morgan fingerprint density at radius 1 is 1.26 bits per heavy atom. The van der Waals surface area contributed by atoms with Crippen LogP contribution in [0.1, 0.15) is 21.6 Å². The van der Waals surface area contributed by atoms with Gasteiger partial charge in [-0.3, -0.25) is 4.98 Å². The topological polar surface area (TPSA) is 59.4 Å². The normalized spacial score (nSPS) is 10.3. The van der Waals surface area contributed by atoms with Crippen LogP contribution in [0, 0.1) is 19.7 Å². The molecule has 0 unspecified atom stereocenters. The molecule has 0 saturated heterocycles. The van der Waals surface area contributed by atoms with Crippen molar-refractivity contribution in [2.45, 2.75) is 13.8 Å². The van der Waals surface area contributed by atoms with Crippen molar-refractivity contribution >= 4 is 5.97 Å². The summed E-state index contributed by atoms with van der Waals surface area (Å²) in [7, 11) is 0. The van der Waals surface area contributed by atoms with Crippen molar-refractivity contribution in [2.24, 2.45) is 0 Å². The van der Waals surface area contributed by atoms with Crippen molar-refractivity contribution in [2.75, 3.05) is 0 Å². The summed E-state index contributed by atoms with van der Waals surface area (Å²) in [5, 5.41) is 9.06. The van der Waals surface area contributed by atoms with Crippen LogP contribution < -0.4 is 4.74 Å². The molecule has 2 rings (SSSR count). The molecule has 2 aromatic rings. The molecule has 1 aromatic heterocycles. The molecule has 0 spiro atoms. The fourth-order valence-corrected chi connectivity index (χ4v) is 1.58. The maximum atomic E-state index is 13.2. The Bertz CT molecular complexity index is 641. The van der Waals surface area contributed by atoms with Crippen molar-refractivity contribution in [1.29, 1.82) is 0 Å². The number of halogens is 1. The average molecular weight is 261 g/mol. The van der Waals surface area contributed by atoms with Crippen LogP contribution in [0.25, 0.3) is 0 Å². The number of carboxylic acids is 1. The number of hydrogen-bond acceptors (Lipinski definition) is 3. The van der Waals surface area contributed by atoms with Crippen LogP contribution in [0.5, 0.6) is 11.5 Å². The smallest absolute Gasteiger partial charge is 0.341 e. The van der Waals surface area contributed by atoms with Crippen LogP contribution in [-0.2, 0) is 0 Å². The Labute approximate surface area is 109 Å². The summed E-state index contributed by atoms with van der Waals surface area (Å²) in [4.78, 5) is 15.0. The highest BCUT2D eigenvalue weighted by atomic mass is 19.1. The minimum absolute atomic E-state index is 0.0609. The first kappa shape index (κ1) is 13.0. The molecule has 4 nitrogen and oxygen atoms in total. The third kappa shape index (κ3) is 2.88. The first-order valence-corrected chi connectivity index (χ1v) is 5.61. The summed E-state index contributed by atoms with van der Waals surface area (Å²) in [5.41, 5.74) is 1.27. The molecular weight excluding hydrogens is 249 g/mol. The van der Waals surface area contributed by atoms with E-state index < -0.39 is 11.8 Å². The fraction of sp³-hybridized carbons (Fsp3) is 0.143. The van der Waals surface area contributed by atoms with Gasteiger partial charge in [0.15, 0.2) is 0 Å². The maximum absolute atomic E-state index is 13.2. The van der Waals surface area contributed by atoms with Gasteiger partial charge < -0.3 is 9.84 Å². The molecule has 0 bridgehead atoms. The zero-order chi connectivity index (χ0) is 14.0. The van der Waals surface area contributed by atoms with Gasteiger partial charge in [-0.25, -0.2) is 9.18 Å². The molecule has 0 radical (unpaired) electrons. The van der Waals surface area contributed by atoms with E-state index in [-0.39, 0.29) is 17.1 Å². The number of aryl methyl sites for hydroxylation is 2. The molecule has 5 heteroatoms. The highest BCUT2D eigenvalue weighted by molar-refractivity contribution is 5.90. The molecule has 19 heavy (non-hydrogen) atoms. The number of carbonyl (C=O) groups is 1. The van der Waals surface area contributed by atoms with Gasteiger partial charge in [0.05, 0.1) is 0 Å². The van der Waals surface area contributed by atoms with Gasteiger partial charge in [-0.2, -0.15) is 0 Å². The quantitative estimate of drug-likeness (QED) is 0.920. The van der Waals surface area contributed by atoms with E-state index in [2.05, 4.69) is 4.98 Å². The van der Waals surface area contributed by atoms with E-state index in [9.17, 15) is 9.18 Å². The van der Waals surface area contributed by atoms with Gasteiger partial charge >= 0.3 is 5.97 Å². The van der Waals surface area contributed by atoms with Crippen LogP contribution in [0.2, 0.25) is 0 Å². The molecule has 0 aliphatic rings. The van der Waals surface area contributed by atoms with E-state index >= 15 is 0 Å². The molecule has 1 aromatic carbocycles. The molecule has 0 amide bonds. The Balaban J connectivity index is 2.45. The number of aromatic carboxylic acids is 1. The van der Waals surface area contributed by atoms with Gasteiger partial charge in [-0.1, -0.05) is 6.07 Å². The van der Waals surface area contributed by atoms with Crippen LogP contribution in [-0.4, -0.2) is 16.1 Å². The van der Waals surface area contributed by atoms with Gasteiger partial charge in [0.1, 0.15) is 22.9 Å². The minimum atomic E-state index is -1.14. The van der Waals surface area contributed by atoms with Crippen LogP contribution >= 0.6 is 0 Å². The molecule has 0 saturated carbocycles. The maximum Gasteiger partial charge on any atom is 0.341 e. The van der Waals surface area contributed by atoms with Crippen LogP contribution in [0.4, 0.5) is 4.39 Å². The number of nitrogens with zero attached hydrogens (tertiary/aromatic N) is 1. The fourth-order valence-electron chi connectivity index (χ4n) is 1.58. The standard InChI is InChI=1S/C14H12FNO3/c1-8-3-4-10(15)6-12(8)19-13-5-9(2)16-7-11(13)14(17)18/h3-7H,1-2H3,(H,17,18). The van der Waals surface area contributed by atoms with Gasteiger partial charge in [0.25, 0.3) is 0 Å². The third-order valence-electron chi connectivity index (χ3n) is 2.60. The van der Waals surface area contributed by atoms with Gasteiger partial charge in [-0.05, 0) is 25.5 Å². The van der Waals surface area contributed by atoms with Crippen molar-refractivity contribution < 1.29 is 19.0 Å². The van der Waals surface area contributed by atoms with Crippen molar-refractivity contribution in [3.63, 3.8) is 0 Å². The lowest BCUT2D eigenvalue weighted by atomic mass is 10.2. The number of pyridine rings is 1. The first-order valence-electron chi connectivity index (χ1n) is 5.61. The Hall–Kier alpha value is -2.43. The van der Waals surface area contributed by atoms with Gasteiger partial charge in [0, 0.05) is 24.0 Å². The summed E-state index contributed by atoms with van der Waals surface area (Å²) in [6, 6.07) is 5.61. The number of rotatable bonds is 3. The molecule has 0 atom stereocenters. The predicted octanol–water partition coefficient (Wildman–Crippen LogP) is 3.33. The second kappa shape index (κ2) is 5.06. The number of carboxylic acid groups (broad SMARTS) is 1. The molecule has 0 aliphatic heterocycles. The number of ether oxygens (including phenoxy) is 1. The Kier molecular flexibility index (Phi) is 3.46. The van der Waals surface area contributed by atoms with Crippen molar-refractivity contribution in [3.8, 4) is 11.5 Å². The molecule has 0 aliphatic carbocycles. The molecule has 98 valence electrons. The third-order valence-corrected chi connectivity index (χ3v) is 2.60. The zero-order valence-electron chi connectivity index (χ0n) is 10.5. The summed E-state index contributed by atoms with van der Waals surface area (Å²) in [6.07, 6.45) is 1.22. The number of benzene rings is 1. The van der Waals surface area contributed by atoms with Crippen molar-refractivity contribution in [1.82, 2.24) is 4.98 Å². The van der Waals surface area contributed by atoms with Crippen LogP contribution in [0.15, 0.2) is 30.5 Å². The van der Waals surface area contributed by atoms with E-state index in [1.54, 1.807) is 19.9 Å². The Morgan fingerprint density at radius 3 is 2.68 bits per heavy atom. The highest BCUT2D eigenvalue weighted by Crippen LogP contribution is 2.28. The van der Waals surface area contributed by atoms with Crippen molar-refractivity contribution in [3.05, 3.63) is 53.1 Å².